The third kappa shape index (κ3) is 2.10. The Balaban J connectivity index is 2.29. The smallest absolute Gasteiger partial charge is 0.193 e. The summed E-state index contributed by atoms with van der Waals surface area (Å²) in [5.41, 5.74) is 1.54. The molecule has 1 aromatic carbocycles. The minimum Gasteiger partial charge on any atom is -0.506 e. The topological polar surface area (TPSA) is 63.3 Å². The molecule has 0 bridgehead atoms. The van der Waals surface area contributed by atoms with Crippen LogP contribution in [-0.4, -0.2) is 10.1 Å². The van der Waals surface area contributed by atoms with Gasteiger partial charge in [-0.05, 0) is 46.6 Å². The molecule has 3 aromatic rings. The maximum Gasteiger partial charge on any atom is 0.193 e. The number of aromatic nitrogens is 1. The molecule has 4 nitrogen and oxygen atoms in total. The molecule has 0 aliphatic carbocycles. The Kier molecular flexibility index (Phi) is 3.06. The van der Waals surface area contributed by atoms with Crippen molar-refractivity contribution in [1.29, 1.82) is 0 Å². The van der Waals surface area contributed by atoms with E-state index in [-0.39, 0.29) is 11.2 Å². The van der Waals surface area contributed by atoms with Crippen LogP contribution in [0, 0.1) is 6.92 Å². The number of pyridine rings is 1. The quantitative estimate of drug-likeness (QED) is 0.739. The average Bonchev–Trinajstić information content (AvgIpc) is 2.43. The molecular weight excluding hydrogens is 322 g/mol. The van der Waals surface area contributed by atoms with Crippen molar-refractivity contribution in [3.63, 3.8) is 0 Å². The van der Waals surface area contributed by atoms with E-state index in [1.165, 1.54) is 12.3 Å². The van der Waals surface area contributed by atoms with Crippen molar-refractivity contribution in [2.75, 3.05) is 0 Å². The van der Waals surface area contributed by atoms with Crippen LogP contribution in [0.2, 0.25) is 0 Å². The van der Waals surface area contributed by atoms with Crippen LogP contribution in [0.1, 0.15) is 5.56 Å². The van der Waals surface area contributed by atoms with Gasteiger partial charge in [0, 0.05) is 6.07 Å². The van der Waals surface area contributed by atoms with Crippen LogP contribution in [-0.2, 0) is 0 Å². The Morgan fingerprint density at radius 3 is 2.85 bits per heavy atom. The molecule has 1 N–H and O–H groups in total. The third-order valence-electron chi connectivity index (χ3n) is 3.04. The van der Waals surface area contributed by atoms with Gasteiger partial charge in [0.1, 0.15) is 11.4 Å². The fraction of sp³-hybridized carbons (Fsp3) is 0.0667. The normalized spacial score (nSPS) is 10.9. The highest BCUT2D eigenvalue weighted by Crippen LogP contribution is 2.27. The van der Waals surface area contributed by atoms with E-state index >= 15 is 0 Å². The molecule has 5 heteroatoms. The molecule has 0 spiro atoms. The van der Waals surface area contributed by atoms with Crippen molar-refractivity contribution >= 4 is 26.9 Å². The number of para-hydroxylation sites is 1. The first-order chi connectivity index (χ1) is 9.56. The minimum absolute atomic E-state index is 0.109. The minimum atomic E-state index is -0.130. The second-order valence-corrected chi connectivity index (χ2v) is 5.30. The summed E-state index contributed by atoms with van der Waals surface area (Å²) in [6.45, 7) is 1.76. The van der Waals surface area contributed by atoms with Crippen LogP contribution < -0.4 is 5.43 Å². The molecule has 20 heavy (non-hydrogen) atoms. The molecule has 3 rings (SSSR count). The van der Waals surface area contributed by atoms with Gasteiger partial charge in [-0.15, -0.1) is 0 Å². The van der Waals surface area contributed by atoms with E-state index < -0.39 is 0 Å². The first-order valence-corrected chi connectivity index (χ1v) is 6.74. The lowest BCUT2D eigenvalue weighted by molar-refractivity contribution is 0.468. The highest BCUT2D eigenvalue weighted by molar-refractivity contribution is 9.10. The van der Waals surface area contributed by atoms with E-state index in [4.69, 9.17) is 4.42 Å². The Labute approximate surface area is 122 Å². The standard InChI is InChI=1S/C15H10BrNO3/c1-8-5-11(17-7-13(8)19)14-6-12(18)9-3-2-4-10(16)15(9)20-14/h2-7,19H,1H3. The monoisotopic (exact) mass is 331 g/mol. The molecule has 0 radical (unpaired) electrons. The van der Waals surface area contributed by atoms with Crippen molar-refractivity contribution in [1.82, 2.24) is 4.98 Å². The van der Waals surface area contributed by atoms with Crippen LogP contribution in [0.25, 0.3) is 22.4 Å². The molecule has 0 aliphatic heterocycles. The summed E-state index contributed by atoms with van der Waals surface area (Å²) in [6.07, 6.45) is 1.34. The maximum atomic E-state index is 12.1. The van der Waals surface area contributed by atoms with Crippen LogP contribution in [0.15, 0.2) is 50.2 Å². The van der Waals surface area contributed by atoms with Gasteiger partial charge in [0.05, 0.1) is 16.1 Å². The molecule has 0 fully saturated rings. The number of hydrogen-bond donors (Lipinski definition) is 1. The largest absolute Gasteiger partial charge is 0.506 e. The summed E-state index contributed by atoms with van der Waals surface area (Å²) < 4.78 is 6.48. The van der Waals surface area contributed by atoms with Gasteiger partial charge in [-0.2, -0.15) is 0 Å². The van der Waals surface area contributed by atoms with Gasteiger partial charge in [-0.1, -0.05) is 6.07 Å². The van der Waals surface area contributed by atoms with E-state index in [2.05, 4.69) is 20.9 Å². The van der Waals surface area contributed by atoms with E-state index in [1.807, 2.05) is 6.07 Å². The van der Waals surface area contributed by atoms with Crippen molar-refractivity contribution in [2.45, 2.75) is 6.92 Å². The highest BCUT2D eigenvalue weighted by Gasteiger charge is 2.11. The van der Waals surface area contributed by atoms with Gasteiger partial charge in [0.2, 0.25) is 0 Å². The fourth-order valence-electron chi connectivity index (χ4n) is 1.95. The molecule has 0 amide bonds. The van der Waals surface area contributed by atoms with E-state index in [1.54, 1.807) is 25.1 Å². The summed E-state index contributed by atoms with van der Waals surface area (Å²) in [5.74, 6) is 0.482. The number of benzene rings is 1. The predicted octanol–water partition coefficient (Wildman–Crippen LogP) is 3.63. The molecule has 0 saturated heterocycles. The summed E-state index contributed by atoms with van der Waals surface area (Å²) >= 11 is 3.37. The summed E-state index contributed by atoms with van der Waals surface area (Å²) in [7, 11) is 0. The van der Waals surface area contributed by atoms with Gasteiger partial charge < -0.3 is 9.52 Å². The predicted molar refractivity (Wildman–Crippen MR) is 79.8 cm³/mol. The van der Waals surface area contributed by atoms with Gasteiger partial charge >= 0.3 is 0 Å². The first-order valence-electron chi connectivity index (χ1n) is 5.94. The number of aromatic hydroxyl groups is 1. The third-order valence-corrected chi connectivity index (χ3v) is 3.67. The SMILES string of the molecule is Cc1cc(-c2cc(=O)c3cccc(Br)c3o2)ncc1O. The molecule has 2 heterocycles. The fourth-order valence-corrected chi connectivity index (χ4v) is 2.40. The number of fused-ring (bicyclic) bond motifs is 1. The lowest BCUT2D eigenvalue weighted by Crippen LogP contribution is -2.01. The van der Waals surface area contributed by atoms with Gasteiger partial charge in [0.25, 0.3) is 0 Å². The molecule has 0 saturated carbocycles. The van der Waals surface area contributed by atoms with Crippen molar-refractivity contribution in [3.05, 3.63) is 56.8 Å². The van der Waals surface area contributed by atoms with Crippen molar-refractivity contribution in [2.24, 2.45) is 0 Å². The zero-order chi connectivity index (χ0) is 14.3. The Hall–Kier alpha value is -2.14. The van der Waals surface area contributed by atoms with Gasteiger partial charge in [0.15, 0.2) is 16.8 Å². The molecule has 100 valence electrons. The van der Waals surface area contributed by atoms with Crippen LogP contribution in [0.5, 0.6) is 5.75 Å². The van der Waals surface area contributed by atoms with Crippen molar-refractivity contribution in [3.8, 4) is 17.2 Å². The Morgan fingerprint density at radius 2 is 2.10 bits per heavy atom. The number of nitrogens with zero attached hydrogens (tertiary/aromatic N) is 1. The maximum absolute atomic E-state index is 12.1. The summed E-state index contributed by atoms with van der Waals surface area (Å²) in [4.78, 5) is 16.2. The molecule has 0 atom stereocenters. The first kappa shape index (κ1) is 12.9. The molecule has 2 aromatic heterocycles. The van der Waals surface area contributed by atoms with Crippen LogP contribution in [0.4, 0.5) is 0 Å². The lowest BCUT2D eigenvalue weighted by atomic mass is 10.1. The van der Waals surface area contributed by atoms with E-state index in [0.717, 1.165) is 0 Å². The Morgan fingerprint density at radius 1 is 1.30 bits per heavy atom. The molecule has 0 unspecified atom stereocenters. The number of aryl methyl sites for hydroxylation is 1. The van der Waals surface area contributed by atoms with Crippen LogP contribution >= 0.6 is 15.9 Å². The summed E-state index contributed by atoms with van der Waals surface area (Å²) in [5, 5.41) is 10.0. The van der Waals surface area contributed by atoms with Crippen LogP contribution in [0.3, 0.4) is 0 Å². The number of rotatable bonds is 1. The Bertz CT molecular complexity index is 871. The number of hydrogen-bond acceptors (Lipinski definition) is 4. The second-order valence-electron chi connectivity index (χ2n) is 4.45. The van der Waals surface area contributed by atoms with Gasteiger partial charge in [-0.3, -0.25) is 4.79 Å². The molecular formula is C15H10BrNO3. The van der Waals surface area contributed by atoms with Gasteiger partial charge in [-0.25, -0.2) is 4.98 Å². The van der Waals surface area contributed by atoms with E-state index in [9.17, 15) is 9.90 Å². The van der Waals surface area contributed by atoms with Crippen molar-refractivity contribution < 1.29 is 9.52 Å². The molecule has 0 aliphatic rings. The lowest BCUT2D eigenvalue weighted by Gasteiger charge is -2.05. The zero-order valence-electron chi connectivity index (χ0n) is 10.6. The average molecular weight is 332 g/mol. The number of halogens is 1. The zero-order valence-corrected chi connectivity index (χ0v) is 12.1. The highest BCUT2D eigenvalue weighted by atomic mass is 79.9. The second kappa shape index (κ2) is 4.76. The summed E-state index contributed by atoms with van der Waals surface area (Å²) in [6, 6.07) is 8.39. The van der Waals surface area contributed by atoms with E-state index in [0.29, 0.717) is 32.5 Å².